The second-order valence-corrected chi connectivity index (χ2v) is 11.5. The van der Waals surface area contributed by atoms with Crippen LogP contribution < -0.4 is 16.0 Å². The first-order chi connectivity index (χ1) is 22.2. The Hall–Kier alpha value is -5.66. The fraction of sp³-hybridized carbons (Fsp3) is 0.0303. The summed E-state index contributed by atoms with van der Waals surface area (Å²) in [7, 11) is 0. The summed E-state index contributed by atoms with van der Waals surface area (Å²) in [5.41, 5.74) is 1.79. The van der Waals surface area contributed by atoms with Gasteiger partial charge in [-0.25, -0.2) is 9.37 Å². The van der Waals surface area contributed by atoms with Crippen molar-refractivity contribution in [3.63, 3.8) is 0 Å². The molecule has 230 valence electrons. The molecular weight excluding hydrogens is 630 g/mol. The van der Waals surface area contributed by atoms with Crippen LogP contribution in [-0.4, -0.2) is 33.4 Å². The lowest BCUT2D eigenvalue weighted by atomic mass is 10.1. The van der Waals surface area contributed by atoms with Gasteiger partial charge in [-0.05, 0) is 72.8 Å². The van der Waals surface area contributed by atoms with Gasteiger partial charge in [0, 0.05) is 33.2 Å². The molecule has 0 saturated carbocycles. The van der Waals surface area contributed by atoms with Crippen LogP contribution in [0.15, 0.2) is 119 Å². The highest BCUT2D eigenvalue weighted by atomic mass is 32.2. The molecule has 0 atom stereocenters. The molecule has 1 aromatic heterocycles. The number of benzene rings is 4. The van der Waals surface area contributed by atoms with Crippen LogP contribution in [0.5, 0.6) is 0 Å². The largest absolute Gasteiger partial charge is 0.321 e. The van der Waals surface area contributed by atoms with E-state index in [1.807, 2.05) is 0 Å². The van der Waals surface area contributed by atoms with E-state index in [0.29, 0.717) is 22.1 Å². The number of anilines is 2. The minimum absolute atomic E-state index is 0.103. The number of nitrogens with zero attached hydrogens (tertiary/aromatic N) is 2. The fourth-order valence-electron chi connectivity index (χ4n) is 4.10. The minimum Gasteiger partial charge on any atom is -0.321 e. The van der Waals surface area contributed by atoms with Gasteiger partial charge in [0.1, 0.15) is 11.5 Å². The minimum atomic E-state index is -0.689. The van der Waals surface area contributed by atoms with Gasteiger partial charge in [0.25, 0.3) is 17.5 Å². The zero-order chi connectivity index (χ0) is 32.5. The van der Waals surface area contributed by atoms with Crippen LogP contribution in [0.3, 0.4) is 0 Å². The van der Waals surface area contributed by atoms with Gasteiger partial charge in [-0.2, -0.15) is 0 Å². The third-order valence-electron chi connectivity index (χ3n) is 6.33. The molecule has 46 heavy (non-hydrogen) atoms. The number of aromatic nitrogens is 1. The van der Waals surface area contributed by atoms with Gasteiger partial charge in [0.05, 0.1) is 21.9 Å². The van der Waals surface area contributed by atoms with E-state index in [2.05, 4.69) is 20.9 Å². The Bertz CT molecular complexity index is 1910. The van der Waals surface area contributed by atoms with Gasteiger partial charge < -0.3 is 16.0 Å². The summed E-state index contributed by atoms with van der Waals surface area (Å²) in [5, 5.41) is 21.8. The fourth-order valence-corrected chi connectivity index (χ4v) is 5.53. The van der Waals surface area contributed by atoms with Crippen molar-refractivity contribution in [2.24, 2.45) is 0 Å². The number of thiazole rings is 1. The van der Waals surface area contributed by atoms with Crippen molar-refractivity contribution in [2.75, 3.05) is 16.4 Å². The molecule has 4 aromatic carbocycles. The molecule has 0 aliphatic carbocycles. The molecule has 1 heterocycles. The summed E-state index contributed by atoms with van der Waals surface area (Å²) in [6.07, 6.45) is 1.25. The van der Waals surface area contributed by atoms with Crippen molar-refractivity contribution in [2.45, 2.75) is 4.90 Å². The smallest absolute Gasteiger partial charge is 0.276 e. The predicted molar refractivity (Wildman–Crippen MR) is 177 cm³/mol. The molecule has 5 aromatic rings. The molecule has 0 bridgehead atoms. The summed E-state index contributed by atoms with van der Waals surface area (Å²) in [4.78, 5) is 54.8. The second-order valence-electron chi connectivity index (χ2n) is 9.55. The van der Waals surface area contributed by atoms with Crippen molar-refractivity contribution in [3.05, 3.63) is 141 Å². The molecule has 0 spiro atoms. The molecule has 5 rings (SSSR count). The van der Waals surface area contributed by atoms with Crippen molar-refractivity contribution in [1.29, 1.82) is 0 Å². The monoisotopic (exact) mass is 653 g/mol. The number of carbonyl (C=O) groups excluding carboxylic acids is 3. The molecular formula is C33H24FN5O5S2. The van der Waals surface area contributed by atoms with E-state index in [9.17, 15) is 28.9 Å². The Balaban J connectivity index is 1.22. The number of nitro groups is 1. The van der Waals surface area contributed by atoms with Crippen LogP contribution in [-0.2, 0) is 9.59 Å². The van der Waals surface area contributed by atoms with Crippen LogP contribution in [0.25, 0.3) is 17.3 Å². The maximum absolute atomic E-state index is 13.3. The quantitative estimate of drug-likeness (QED) is 0.0603. The van der Waals surface area contributed by atoms with Gasteiger partial charge in [-0.1, -0.05) is 30.3 Å². The highest BCUT2D eigenvalue weighted by molar-refractivity contribution is 8.00. The van der Waals surface area contributed by atoms with E-state index in [1.165, 1.54) is 59.5 Å². The lowest BCUT2D eigenvalue weighted by Crippen LogP contribution is -2.30. The number of amides is 3. The first kappa shape index (κ1) is 31.8. The van der Waals surface area contributed by atoms with Crippen LogP contribution in [0.2, 0.25) is 0 Å². The molecule has 0 aliphatic rings. The average Bonchev–Trinajstić information content (AvgIpc) is 3.53. The van der Waals surface area contributed by atoms with Crippen LogP contribution >= 0.6 is 23.1 Å². The van der Waals surface area contributed by atoms with Gasteiger partial charge in [-0.15, -0.1) is 23.1 Å². The normalized spacial score (nSPS) is 11.0. The highest BCUT2D eigenvalue weighted by Crippen LogP contribution is 2.26. The molecule has 0 aliphatic heterocycles. The van der Waals surface area contributed by atoms with E-state index in [1.54, 1.807) is 78.2 Å². The number of rotatable bonds is 11. The van der Waals surface area contributed by atoms with Crippen LogP contribution in [0.1, 0.15) is 15.9 Å². The van der Waals surface area contributed by atoms with Crippen molar-refractivity contribution >= 4 is 63.4 Å². The molecule has 3 N–H and O–H groups in total. The Labute approximate surface area is 270 Å². The number of nitro benzene ring substituents is 1. The standard InChI is InChI=1S/C33H24FN5O5S2/c34-24-12-10-21(11-13-24)28-19-46-33(37-28)38-30(40)20-45-26-16-14-25(15-17-26)35-32(42)27(36-31(41)22-6-2-1-3-7-22)18-23-8-4-5-9-29(23)39(43)44/h1-19H,20H2,(H,35,42)(H,36,41)(H,37,38,40)/b27-18-. The summed E-state index contributed by atoms with van der Waals surface area (Å²) in [5.74, 6) is -1.75. The van der Waals surface area contributed by atoms with Gasteiger partial charge in [0.2, 0.25) is 5.91 Å². The summed E-state index contributed by atoms with van der Waals surface area (Å²) in [6, 6.07) is 26.8. The first-order valence-corrected chi connectivity index (χ1v) is 15.5. The second kappa shape index (κ2) is 14.9. The zero-order valence-electron chi connectivity index (χ0n) is 23.8. The van der Waals surface area contributed by atoms with E-state index < -0.39 is 16.7 Å². The van der Waals surface area contributed by atoms with Crippen molar-refractivity contribution < 1.29 is 23.7 Å². The third-order valence-corrected chi connectivity index (χ3v) is 8.10. The number of thioether (sulfide) groups is 1. The number of hydrogen-bond acceptors (Lipinski definition) is 8. The molecule has 0 unspecified atom stereocenters. The van der Waals surface area contributed by atoms with Gasteiger partial charge >= 0.3 is 0 Å². The molecule has 10 nitrogen and oxygen atoms in total. The third kappa shape index (κ3) is 8.49. The maximum atomic E-state index is 13.3. The van der Waals surface area contributed by atoms with Crippen molar-refractivity contribution in [3.8, 4) is 11.3 Å². The maximum Gasteiger partial charge on any atom is 0.276 e. The summed E-state index contributed by atoms with van der Waals surface area (Å²) < 4.78 is 13.2. The first-order valence-electron chi connectivity index (χ1n) is 13.6. The Morgan fingerprint density at radius 2 is 1.59 bits per heavy atom. The van der Waals surface area contributed by atoms with Gasteiger partial charge in [0.15, 0.2) is 5.13 Å². The average molecular weight is 654 g/mol. The zero-order valence-corrected chi connectivity index (χ0v) is 25.4. The lowest BCUT2D eigenvalue weighted by molar-refractivity contribution is -0.385. The molecule has 0 radical (unpaired) electrons. The van der Waals surface area contributed by atoms with Crippen LogP contribution in [0, 0.1) is 15.9 Å². The number of para-hydroxylation sites is 1. The summed E-state index contributed by atoms with van der Waals surface area (Å²) >= 11 is 2.54. The SMILES string of the molecule is O=C(CSc1ccc(NC(=O)/C(=C/c2ccccc2[N+](=O)[O-])NC(=O)c2ccccc2)cc1)Nc1nc(-c2ccc(F)cc2)cs1. The van der Waals surface area contributed by atoms with Crippen molar-refractivity contribution in [1.82, 2.24) is 10.3 Å². The molecule has 3 amide bonds. The molecule has 0 fully saturated rings. The number of nitrogens with one attached hydrogen (secondary N) is 3. The number of hydrogen-bond donors (Lipinski definition) is 3. The lowest BCUT2D eigenvalue weighted by Gasteiger charge is -2.12. The molecule has 0 saturated heterocycles. The Kier molecular flexibility index (Phi) is 10.3. The Morgan fingerprint density at radius 1 is 0.891 bits per heavy atom. The number of carbonyl (C=O) groups is 3. The van der Waals surface area contributed by atoms with E-state index in [0.717, 1.165) is 10.5 Å². The highest BCUT2D eigenvalue weighted by Gasteiger charge is 2.18. The topological polar surface area (TPSA) is 143 Å². The van der Waals surface area contributed by atoms with E-state index in [-0.39, 0.29) is 34.4 Å². The predicted octanol–water partition coefficient (Wildman–Crippen LogP) is 7.00. The summed E-state index contributed by atoms with van der Waals surface area (Å²) in [6.45, 7) is 0. The van der Waals surface area contributed by atoms with Crippen LogP contribution in [0.4, 0.5) is 20.9 Å². The van der Waals surface area contributed by atoms with E-state index >= 15 is 0 Å². The Morgan fingerprint density at radius 3 is 2.30 bits per heavy atom. The number of halogens is 1. The molecule has 13 heteroatoms. The van der Waals surface area contributed by atoms with E-state index in [4.69, 9.17) is 0 Å². The van der Waals surface area contributed by atoms with Gasteiger partial charge in [-0.3, -0.25) is 24.5 Å².